The normalized spacial score (nSPS) is 19.5. The lowest BCUT2D eigenvalue weighted by atomic mass is 10.2. The van der Waals surface area contributed by atoms with Gasteiger partial charge in [-0.3, -0.25) is 4.79 Å². The predicted octanol–water partition coefficient (Wildman–Crippen LogP) is 1.40. The van der Waals surface area contributed by atoms with E-state index in [4.69, 9.17) is 9.47 Å². The molecule has 2 rings (SSSR count). The average molecular weight is 341 g/mol. The third-order valence-corrected chi connectivity index (χ3v) is 5.12. The molecule has 1 N–H and O–H groups in total. The number of nitrogens with one attached hydrogen (secondary N) is 1. The van der Waals surface area contributed by atoms with Gasteiger partial charge in [-0.2, -0.15) is 0 Å². The van der Waals surface area contributed by atoms with Crippen LogP contribution in [0.4, 0.5) is 0 Å². The second kappa shape index (κ2) is 7.68. The summed E-state index contributed by atoms with van der Waals surface area (Å²) in [6, 6.07) is 6.80. The van der Waals surface area contributed by atoms with Crippen molar-refractivity contribution in [1.29, 1.82) is 0 Å². The first-order valence-electron chi connectivity index (χ1n) is 7.69. The second-order valence-corrected chi connectivity index (χ2v) is 8.36. The van der Waals surface area contributed by atoms with Crippen LogP contribution in [0, 0.1) is 5.92 Å². The molecule has 23 heavy (non-hydrogen) atoms. The van der Waals surface area contributed by atoms with Gasteiger partial charge in [0, 0.05) is 12.1 Å². The zero-order valence-electron chi connectivity index (χ0n) is 13.4. The molecule has 7 heteroatoms. The van der Waals surface area contributed by atoms with Crippen LogP contribution in [0.1, 0.15) is 20.3 Å². The molecule has 0 aromatic heterocycles. The molecular weight excluding hydrogens is 318 g/mol. The highest BCUT2D eigenvalue weighted by molar-refractivity contribution is 7.91. The zero-order chi connectivity index (χ0) is 16.9. The monoisotopic (exact) mass is 341 g/mol. The van der Waals surface area contributed by atoms with Crippen molar-refractivity contribution >= 4 is 15.7 Å². The largest absolute Gasteiger partial charge is 0.493 e. The van der Waals surface area contributed by atoms with Crippen LogP contribution < -0.4 is 14.8 Å². The smallest absolute Gasteiger partial charge is 0.258 e. The Morgan fingerprint density at radius 3 is 2.61 bits per heavy atom. The highest BCUT2D eigenvalue weighted by atomic mass is 32.2. The SMILES string of the molecule is CC(C)COc1cccc(OCC(=O)NC2CCS(=O)(=O)C2)c1. The molecule has 1 aromatic rings. The quantitative estimate of drug-likeness (QED) is 0.811. The molecule has 1 aromatic carbocycles. The summed E-state index contributed by atoms with van der Waals surface area (Å²) in [5, 5.41) is 2.69. The summed E-state index contributed by atoms with van der Waals surface area (Å²) in [6.07, 6.45) is 0.465. The van der Waals surface area contributed by atoms with E-state index in [1.807, 2.05) is 6.07 Å². The second-order valence-electron chi connectivity index (χ2n) is 6.14. The van der Waals surface area contributed by atoms with Gasteiger partial charge in [-0.15, -0.1) is 0 Å². The molecule has 0 bridgehead atoms. The van der Waals surface area contributed by atoms with E-state index < -0.39 is 9.84 Å². The first kappa shape index (κ1) is 17.6. The number of amides is 1. The number of hydrogen-bond acceptors (Lipinski definition) is 5. The Labute approximate surface area is 137 Å². The first-order chi connectivity index (χ1) is 10.8. The molecule has 1 aliphatic heterocycles. The molecule has 128 valence electrons. The van der Waals surface area contributed by atoms with E-state index in [0.717, 1.165) is 0 Å². The highest BCUT2D eigenvalue weighted by Crippen LogP contribution is 2.20. The van der Waals surface area contributed by atoms with E-state index in [1.165, 1.54) is 0 Å². The van der Waals surface area contributed by atoms with Gasteiger partial charge >= 0.3 is 0 Å². The number of hydrogen-bond donors (Lipinski definition) is 1. The van der Waals surface area contributed by atoms with E-state index in [2.05, 4.69) is 19.2 Å². The van der Waals surface area contributed by atoms with Gasteiger partial charge in [-0.1, -0.05) is 19.9 Å². The van der Waals surface area contributed by atoms with Gasteiger partial charge < -0.3 is 14.8 Å². The summed E-state index contributed by atoms with van der Waals surface area (Å²) in [6.45, 7) is 4.59. The Morgan fingerprint density at radius 2 is 2.00 bits per heavy atom. The van der Waals surface area contributed by atoms with E-state index in [0.29, 0.717) is 30.4 Å². The van der Waals surface area contributed by atoms with Crippen LogP contribution in [0.25, 0.3) is 0 Å². The van der Waals surface area contributed by atoms with Gasteiger partial charge in [0.15, 0.2) is 16.4 Å². The highest BCUT2D eigenvalue weighted by Gasteiger charge is 2.28. The Hall–Kier alpha value is -1.76. The van der Waals surface area contributed by atoms with Crippen molar-refractivity contribution in [3.63, 3.8) is 0 Å². The van der Waals surface area contributed by atoms with Gasteiger partial charge in [0.2, 0.25) is 0 Å². The van der Waals surface area contributed by atoms with Crippen molar-refractivity contribution in [3.05, 3.63) is 24.3 Å². The average Bonchev–Trinajstić information content (AvgIpc) is 2.82. The van der Waals surface area contributed by atoms with Crippen molar-refractivity contribution in [2.24, 2.45) is 5.92 Å². The maximum atomic E-state index is 11.8. The lowest BCUT2D eigenvalue weighted by molar-refractivity contribution is -0.123. The molecule has 1 atom stereocenters. The molecule has 6 nitrogen and oxygen atoms in total. The summed E-state index contributed by atoms with van der Waals surface area (Å²) in [7, 11) is -3.00. The minimum Gasteiger partial charge on any atom is -0.493 e. The molecule has 1 aliphatic rings. The summed E-state index contributed by atoms with van der Waals surface area (Å²) in [5.74, 6) is 1.48. The third-order valence-electron chi connectivity index (χ3n) is 3.36. The maximum absolute atomic E-state index is 11.8. The topological polar surface area (TPSA) is 81.7 Å². The van der Waals surface area contributed by atoms with Crippen LogP contribution in [0.2, 0.25) is 0 Å². The molecule has 1 amide bonds. The molecule has 0 saturated carbocycles. The number of benzene rings is 1. The van der Waals surface area contributed by atoms with E-state index in [-0.39, 0.29) is 30.1 Å². The minimum absolute atomic E-state index is 0.0112. The van der Waals surface area contributed by atoms with Crippen LogP contribution in [0.5, 0.6) is 11.5 Å². The van der Waals surface area contributed by atoms with Crippen LogP contribution in [0.3, 0.4) is 0 Å². The zero-order valence-corrected chi connectivity index (χ0v) is 14.3. The molecule has 1 fully saturated rings. The summed E-state index contributed by atoms with van der Waals surface area (Å²) in [4.78, 5) is 11.8. The third kappa shape index (κ3) is 6.09. The van der Waals surface area contributed by atoms with Crippen molar-refractivity contribution in [2.75, 3.05) is 24.7 Å². The summed E-state index contributed by atoms with van der Waals surface area (Å²) >= 11 is 0. The molecule has 0 radical (unpaired) electrons. The van der Waals surface area contributed by atoms with Crippen LogP contribution in [-0.4, -0.2) is 45.1 Å². The van der Waals surface area contributed by atoms with Gasteiger partial charge in [0.05, 0.1) is 18.1 Å². The Bertz CT molecular complexity index is 642. The van der Waals surface area contributed by atoms with Crippen molar-refractivity contribution in [2.45, 2.75) is 26.3 Å². The number of rotatable bonds is 7. The van der Waals surface area contributed by atoms with Crippen molar-refractivity contribution < 1.29 is 22.7 Å². The fraction of sp³-hybridized carbons (Fsp3) is 0.562. The predicted molar refractivity (Wildman–Crippen MR) is 87.5 cm³/mol. The van der Waals surface area contributed by atoms with Gasteiger partial charge in [0.1, 0.15) is 11.5 Å². The molecule has 1 heterocycles. The number of ether oxygens (including phenoxy) is 2. The maximum Gasteiger partial charge on any atom is 0.258 e. The fourth-order valence-corrected chi connectivity index (χ4v) is 3.92. The Kier molecular flexibility index (Phi) is 5.87. The standard InChI is InChI=1S/C16H23NO5S/c1-12(2)9-21-14-4-3-5-15(8-14)22-10-16(18)17-13-6-7-23(19,20)11-13/h3-5,8,12-13H,6-7,9-11H2,1-2H3,(H,17,18). The van der Waals surface area contributed by atoms with Gasteiger partial charge in [-0.25, -0.2) is 8.42 Å². The number of carbonyl (C=O) groups excluding carboxylic acids is 1. The Balaban J connectivity index is 1.79. The fourth-order valence-electron chi connectivity index (χ4n) is 2.24. The molecular formula is C16H23NO5S. The van der Waals surface area contributed by atoms with Gasteiger partial charge in [-0.05, 0) is 24.5 Å². The lowest BCUT2D eigenvalue weighted by Gasteiger charge is -2.13. The molecule has 1 saturated heterocycles. The van der Waals surface area contributed by atoms with E-state index in [1.54, 1.807) is 18.2 Å². The van der Waals surface area contributed by atoms with Crippen LogP contribution >= 0.6 is 0 Å². The minimum atomic E-state index is -3.00. The van der Waals surface area contributed by atoms with Crippen molar-refractivity contribution in [1.82, 2.24) is 5.32 Å². The van der Waals surface area contributed by atoms with Gasteiger partial charge in [0.25, 0.3) is 5.91 Å². The Morgan fingerprint density at radius 1 is 1.30 bits per heavy atom. The van der Waals surface area contributed by atoms with Crippen molar-refractivity contribution in [3.8, 4) is 11.5 Å². The number of carbonyl (C=O) groups is 1. The van der Waals surface area contributed by atoms with E-state index >= 15 is 0 Å². The first-order valence-corrected chi connectivity index (χ1v) is 9.51. The number of sulfone groups is 1. The van der Waals surface area contributed by atoms with Crippen LogP contribution in [0.15, 0.2) is 24.3 Å². The molecule has 0 aliphatic carbocycles. The molecule has 0 spiro atoms. The van der Waals surface area contributed by atoms with E-state index in [9.17, 15) is 13.2 Å². The van der Waals surface area contributed by atoms with Crippen LogP contribution in [-0.2, 0) is 14.6 Å². The lowest BCUT2D eigenvalue weighted by Crippen LogP contribution is -2.38. The summed E-state index contributed by atoms with van der Waals surface area (Å²) < 4.78 is 33.7. The molecule has 1 unspecified atom stereocenters. The summed E-state index contributed by atoms with van der Waals surface area (Å²) in [5.41, 5.74) is 0.